The van der Waals surface area contributed by atoms with E-state index in [9.17, 15) is 8.78 Å². The van der Waals surface area contributed by atoms with Gasteiger partial charge in [-0.25, -0.2) is 8.78 Å². The topological polar surface area (TPSA) is 12.0 Å². The van der Waals surface area contributed by atoms with Crippen LogP contribution in [-0.2, 0) is 0 Å². The molecule has 0 unspecified atom stereocenters. The predicted molar refractivity (Wildman–Crippen MR) is 70.7 cm³/mol. The lowest BCUT2D eigenvalue weighted by atomic mass is 9.64. The van der Waals surface area contributed by atoms with E-state index in [1.54, 1.807) is 13.0 Å². The van der Waals surface area contributed by atoms with Gasteiger partial charge < -0.3 is 5.32 Å². The van der Waals surface area contributed by atoms with Crippen LogP contribution >= 0.6 is 0 Å². The summed E-state index contributed by atoms with van der Waals surface area (Å²) in [5, 5.41) is 3.40. The minimum absolute atomic E-state index is 0.209. The first kappa shape index (κ1) is 13.5. The van der Waals surface area contributed by atoms with Crippen LogP contribution in [0.2, 0.25) is 0 Å². The molecule has 18 heavy (non-hydrogen) atoms. The Morgan fingerprint density at radius 2 is 2.28 bits per heavy atom. The van der Waals surface area contributed by atoms with Gasteiger partial charge in [-0.15, -0.1) is 0 Å². The molecule has 100 valence electrons. The summed E-state index contributed by atoms with van der Waals surface area (Å²) in [7, 11) is 0. The molecule has 0 aromatic carbocycles. The molecule has 2 aliphatic rings. The van der Waals surface area contributed by atoms with Crippen molar-refractivity contribution in [2.24, 2.45) is 11.3 Å². The predicted octanol–water partition coefficient (Wildman–Crippen LogP) is 3.70. The van der Waals surface area contributed by atoms with E-state index < -0.39 is 6.43 Å². The van der Waals surface area contributed by atoms with Gasteiger partial charge in [0.1, 0.15) is 0 Å². The quantitative estimate of drug-likeness (QED) is 0.791. The zero-order chi connectivity index (χ0) is 13.3. The Hall–Kier alpha value is -0.960. The van der Waals surface area contributed by atoms with Gasteiger partial charge in [0.15, 0.2) is 0 Å². The Balaban J connectivity index is 2.44. The molecule has 0 radical (unpaired) electrons. The summed E-state index contributed by atoms with van der Waals surface area (Å²) in [6.07, 6.45) is 3.03. The molecule has 1 heterocycles. The van der Waals surface area contributed by atoms with Crippen molar-refractivity contribution < 1.29 is 8.78 Å². The Kier molecular flexibility index (Phi) is 3.71. The smallest absolute Gasteiger partial charge is 0.260 e. The van der Waals surface area contributed by atoms with Gasteiger partial charge in [0.2, 0.25) is 0 Å². The van der Waals surface area contributed by atoms with E-state index in [-0.39, 0.29) is 11.0 Å². The molecule has 0 aromatic rings. The standard InChI is InChI=1S/C15H21F2N/c1-4-5-12-11(10(2)14(16)17)6-7-15(3)9-18-8-13(12)15/h4-5,13-14,18H,1,6-9H2,2-3H3/b11-10+,12-5+/t13-,15-/m0/s1. The average molecular weight is 253 g/mol. The summed E-state index contributed by atoms with van der Waals surface area (Å²) in [6, 6.07) is 0. The number of fused-ring (bicyclic) bond motifs is 1. The Morgan fingerprint density at radius 3 is 2.89 bits per heavy atom. The number of hydrogen-bond donors (Lipinski definition) is 1. The van der Waals surface area contributed by atoms with E-state index in [2.05, 4.69) is 18.8 Å². The van der Waals surface area contributed by atoms with Crippen molar-refractivity contribution in [1.29, 1.82) is 0 Å². The van der Waals surface area contributed by atoms with Crippen LogP contribution in [0.5, 0.6) is 0 Å². The molecule has 2 fully saturated rings. The number of hydrogen-bond acceptors (Lipinski definition) is 1. The molecule has 3 heteroatoms. The number of rotatable bonds is 2. The van der Waals surface area contributed by atoms with Gasteiger partial charge in [-0.1, -0.05) is 25.7 Å². The Bertz CT molecular complexity index is 409. The van der Waals surface area contributed by atoms with Crippen molar-refractivity contribution in [3.63, 3.8) is 0 Å². The van der Waals surface area contributed by atoms with Crippen LogP contribution in [0.1, 0.15) is 26.7 Å². The van der Waals surface area contributed by atoms with Crippen LogP contribution in [0.3, 0.4) is 0 Å². The Labute approximate surface area is 108 Å². The van der Waals surface area contributed by atoms with Crippen LogP contribution < -0.4 is 5.32 Å². The fraction of sp³-hybridized carbons (Fsp3) is 0.600. The second-order valence-electron chi connectivity index (χ2n) is 5.66. The molecule has 0 aromatic heterocycles. The summed E-state index contributed by atoms with van der Waals surface area (Å²) in [5.74, 6) is 0.341. The van der Waals surface area contributed by atoms with Gasteiger partial charge in [-0.3, -0.25) is 0 Å². The molecule has 0 amide bonds. The van der Waals surface area contributed by atoms with Gasteiger partial charge in [-0.05, 0) is 41.9 Å². The molecule has 1 aliphatic carbocycles. The van der Waals surface area contributed by atoms with Gasteiger partial charge >= 0.3 is 0 Å². The maximum absolute atomic E-state index is 12.9. The molecule has 1 N–H and O–H groups in total. The van der Waals surface area contributed by atoms with E-state index in [0.29, 0.717) is 5.92 Å². The maximum atomic E-state index is 12.9. The summed E-state index contributed by atoms with van der Waals surface area (Å²) in [4.78, 5) is 0. The van der Waals surface area contributed by atoms with E-state index in [1.807, 2.05) is 6.08 Å². The van der Waals surface area contributed by atoms with Gasteiger partial charge in [0.25, 0.3) is 6.43 Å². The highest BCUT2D eigenvalue weighted by atomic mass is 19.3. The fourth-order valence-corrected chi connectivity index (χ4v) is 3.29. The minimum Gasteiger partial charge on any atom is -0.316 e. The fourth-order valence-electron chi connectivity index (χ4n) is 3.29. The van der Waals surface area contributed by atoms with E-state index >= 15 is 0 Å². The number of alkyl halides is 2. The van der Waals surface area contributed by atoms with Gasteiger partial charge in [-0.2, -0.15) is 0 Å². The zero-order valence-corrected chi connectivity index (χ0v) is 11.1. The molecule has 0 bridgehead atoms. The summed E-state index contributed by atoms with van der Waals surface area (Å²) in [5.41, 5.74) is 2.37. The summed E-state index contributed by atoms with van der Waals surface area (Å²) < 4.78 is 25.9. The average Bonchev–Trinajstić information content (AvgIpc) is 2.71. The first-order valence-corrected chi connectivity index (χ1v) is 6.51. The third-order valence-electron chi connectivity index (χ3n) is 4.49. The zero-order valence-electron chi connectivity index (χ0n) is 11.1. The highest BCUT2D eigenvalue weighted by Gasteiger charge is 2.44. The van der Waals surface area contributed by atoms with Crippen molar-refractivity contribution in [2.75, 3.05) is 13.1 Å². The lowest BCUT2D eigenvalue weighted by molar-refractivity contribution is 0.184. The highest BCUT2D eigenvalue weighted by molar-refractivity contribution is 5.43. The lowest BCUT2D eigenvalue weighted by Crippen LogP contribution is -2.33. The Morgan fingerprint density at radius 1 is 1.56 bits per heavy atom. The van der Waals surface area contributed by atoms with Crippen molar-refractivity contribution >= 4 is 0 Å². The van der Waals surface area contributed by atoms with Crippen LogP contribution in [0, 0.1) is 11.3 Å². The van der Waals surface area contributed by atoms with E-state index in [4.69, 9.17) is 0 Å². The normalized spacial score (nSPS) is 36.9. The first-order valence-electron chi connectivity index (χ1n) is 6.51. The molecular formula is C15H21F2N. The molecule has 2 rings (SSSR count). The SMILES string of the molecule is C=C/C=C1\C(=C(/C)C(F)F)CC[C@@]2(C)CNC[C@@H]12. The van der Waals surface area contributed by atoms with Crippen LogP contribution in [0.4, 0.5) is 8.78 Å². The molecule has 1 saturated carbocycles. The maximum Gasteiger partial charge on any atom is 0.260 e. The molecule has 1 nitrogen and oxygen atoms in total. The summed E-state index contributed by atoms with van der Waals surface area (Å²) in [6.45, 7) is 9.40. The van der Waals surface area contributed by atoms with Gasteiger partial charge in [0.05, 0.1) is 0 Å². The van der Waals surface area contributed by atoms with Crippen molar-refractivity contribution in [3.8, 4) is 0 Å². The minimum atomic E-state index is -2.35. The van der Waals surface area contributed by atoms with E-state index in [1.165, 1.54) is 0 Å². The van der Waals surface area contributed by atoms with Crippen LogP contribution in [0.25, 0.3) is 0 Å². The number of nitrogens with one attached hydrogen (secondary N) is 1. The number of allylic oxidation sites excluding steroid dienone is 4. The number of halogens is 2. The van der Waals surface area contributed by atoms with Gasteiger partial charge in [0, 0.05) is 19.0 Å². The second-order valence-corrected chi connectivity index (χ2v) is 5.66. The molecular weight excluding hydrogens is 232 g/mol. The lowest BCUT2D eigenvalue weighted by Gasteiger charge is -2.39. The molecule has 1 saturated heterocycles. The second kappa shape index (κ2) is 4.96. The van der Waals surface area contributed by atoms with E-state index in [0.717, 1.165) is 37.1 Å². The van der Waals surface area contributed by atoms with Crippen LogP contribution in [0.15, 0.2) is 35.5 Å². The van der Waals surface area contributed by atoms with Crippen molar-refractivity contribution in [3.05, 3.63) is 35.5 Å². The third kappa shape index (κ3) is 2.16. The monoisotopic (exact) mass is 253 g/mol. The molecule has 1 aliphatic heterocycles. The third-order valence-corrected chi connectivity index (χ3v) is 4.49. The van der Waals surface area contributed by atoms with Crippen molar-refractivity contribution in [1.82, 2.24) is 5.32 Å². The first-order chi connectivity index (χ1) is 8.49. The van der Waals surface area contributed by atoms with Crippen molar-refractivity contribution in [2.45, 2.75) is 33.1 Å². The molecule has 0 spiro atoms. The van der Waals surface area contributed by atoms with Crippen LogP contribution in [-0.4, -0.2) is 19.5 Å². The molecule has 2 atom stereocenters. The largest absolute Gasteiger partial charge is 0.316 e. The summed E-state index contributed by atoms with van der Waals surface area (Å²) >= 11 is 0. The highest BCUT2D eigenvalue weighted by Crippen LogP contribution is 2.49.